The molecular weight excluding hydrogens is 426 g/mol. The van der Waals surface area contributed by atoms with E-state index in [9.17, 15) is 4.79 Å². The van der Waals surface area contributed by atoms with Crippen LogP contribution in [0.4, 0.5) is 0 Å². The molecule has 2 aromatic rings. The van der Waals surface area contributed by atoms with Crippen molar-refractivity contribution in [3.8, 4) is 0 Å². The maximum absolute atomic E-state index is 11.6. The molecule has 3 heteroatoms. The molecule has 1 nitrogen and oxygen atoms in total. The monoisotopic (exact) mass is 450 g/mol. The Labute approximate surface area is 130 Å². The average Bonchev–Trinajstić information content (AvgIpc) is 2.99. The van der Waals surface area contributed by atoms with Crippen LogP contribution in [0.1, 0.15) is 16.8 Å². The van der Waals surface area contributed by atoms with E-state index in [1.807, 2.05) is 54.6 Å². The van der Waals surface area contributed by atoms with Gasteiger partial charge in [0.2, 0.25) is 0 Å². The van der Waals surface area contributed by atoms with E-state index in [2.05, 4.69) is 19.6 Å². The van der Waals surface area contributed by atoms with Crippen molar-refractivity contribution in [2.75, 3.05) is 0 Å². The Morgan fingerprint density at radius 3 is 1.95 bits per heavy atom. The largest absolute Gasteiger partial charge is 2.00 e. The first kappa shape index (κ1) is 18.2. The standard InChI is InChI=1S/C11H17OSi.C5H5.Os/c1-13(2,3)9-8-11(12)10-6-4-5-7-10;1-2-4-5-3-1;/h4-7H,8-9H2,1-3H3;1-5H;/q2*-1;+2. The van der Waals surface area contributed by atoms with Crippen molar-refractivity contribution in [1.29, 1.82) is 0 Å². The average molecular weight is 449 g/mol. The molecule has 0 saturated heterocycles. The Morgan fingerprint density at radius 2 is 1.58 bits per heavy atom. The summed E-state index contributed by atoms with van der Waals surface area (Å²) in [7, 11) is -1.05. The molecule has 2 aromatic carbocycles. The van der Waals surface area contributed by atoms with Crippen molar-refractivity contribution in [3.05, 3.63) is 60.2 Å². The van der Waals surface area contributed by atoms with Crippen molar-refractivity contribution in [3.63, 3.8) is 0 Å². The van der Waals surface area contributed by atoms with Crippen LogP contribution >= 0.6 is 0 Å². The van der Waals surface area contributed by atoms with E-state index in [0.717, 1.165) is 18.0 Å². The molecule has 0 atom stereocenters. The van der Waals surface area contributed by atoms with Gasteiger partial charge in [-0.3, -0.25) is 0 Å². The summed E-state index contributed by atoms with van der Waals surface area (Å²) >= 11 is 0. The van der Waals surface area contributed by atoms with Crippen LogP contribution in [0.2, 0.25) is 25.7 Å². The molecule has 0 heterocycles. The van der Waals surface area contributed by atoms with Crippen LogP contribution < -0.4 is 0 Å². The van der Waals surface area contributed by atoms with Crippen molar-refractivity contribution in [2.24, 2.45) is 0 Å². The van der Waals surface area contributed by atoms with Gasteiger partial charge in [-0.15, -0.1) is 0 Å². The van der Waals surface area contributed by atoms with Crippen LogP contribution in [-0.2, 0) is 19.8 Å². The summed E-state index contributed by atoms with van der Waals surface area (Å²) in [6.07, 6.45) is 0.722. The van der Waals surface area contributed by atoms with Crippen LogP contribution in [0.3, 0.4) is 0 Å². The van der Waals surface area contributed by atoms with Crippen LogP contribution in [0, 0.1) is 0 Å². The van der Waals surface area contributed by atoms with E-state index in [4.69, 9.17) is 0 Å². The fraction of sp³-hybridized carbons (Fsp3) is 0.312. The van der Waals surface area contributed by atoms with Gasteiger partial charge in [0.15, 0.2) is 0 Å². The minimum atomic E-state index is -1.05. The van der Waals surface area contributed by atoms with Gasteiger partial charge in [0.1, 0.15) is 5.78 Å². The number of carbonyl (C=O) groups excluding carboxylic acids is 1. The Morgan fingerprint density at radius 1 is 1.05 bits per heavy atom. The zero-order chi connectivity index (χ0) is 13.4. The third-order valence-electron chi connectivity index (χ3n) is 2.64. The molecule has 0 aliphatic carbocycles. The maximum atomic E-state index is 11.6. The molecule has 0 aromatic heterocycles. The molecule has 0 fully saturated rings. The van der Waals surface area contributed by atoms with E-state index < -0.39 is 8.07 Å². The van der Waals surface area contributed by atoms with Gasteiger partial charge in [-0.05, 0) is 6.42 Å². The van der Waals surface area contributed by atoms with E-state index in [1.54, 1.807) is 0 Å². The molecular formula is C16H22OOsSi. The molecule has 0 aliphatic rings. The van der Waals surface area contributed by atoms with Gasteiger partial charge >= 0.3 is 19.8 Å². The van der Waals surface area contributed by atoms with Crippen LogP contribution in [-0.4, -0.2) is 13.9 Å². The number of rotatable bonds is 4. The predicted molar refractivity (Wildman–Crippen MR) is 81.2 cm³/mol. The summed E-state index contributed by atoms with van der Waals surface area (Å²) < 4.78 is 0. The third-order valence-corrected chi connectivity index (χ3v) is 4.39. The first-order valence-corrected chi connectivity index (χ1v) is 10.1. The summed E-state index contributed by atoms with van der Waals surface area (Å²) in [4.78, 5) is 11.6. The Bertz CT molecular complexity index is 407. The Hall–Kier alpha value is -0.777. The Kier molecular flexibility index (Phi) is 8.80. The van der Waals surface area contributed by atoms with Crippen molar-refractivity contribution < 1.29 is 24.6 Å². The van der Waals surface area contributed by atoms with Crippen molar-refractivity contribution in [1.82, 2.24) is 0 Å². The number of hydrogen-bond acceptors (Lipinski definition) is 1. The normalized spacial score (nSPS) is 10.1. The molecule has 0 radical (unpaired) electrons. The SMILES string of the molecule is C[Si](C)(C)CCC(=O)[c-]1cccc1.[Os+2].c1cc[cH-]c1. The van der Waals surface area contributed by atoms with E-state index in [1.165, 1.54) is 0 Å². The summed E-state index contributed by atoms with van der Waals surface area (Å²) in [5.74, 6) is 0.299. The number of hydrogen-bond donors (Lipinski definition) is 0. The van der Waals surface area contributed by atoms with Crippen molar-refractivity contribution in [2.45, 2.75) is 32.1 Å². The molecule has 0 bridgehead atoms. The molecule has 19 heavy (non-hydrogen) atoms. The minimum absolute atomic E-state index is 0. The molecule has 0 N–H and O–H groups in total. The van der Waals surface area contributed by atoms with Gasteiger partial charge in [0.05, 0.1) is 0 Å². The quantitative estimate of drug-likeness (QED) is 0.376. The number of Topliss-reactive ketones (excluding diaryl/α,β-unsaturated/α-hetero) is 1. The smallest absolute Gasteiger partial charge is 0.309 e. The van der Waals surface area contributed by atoms with Gasteiger partial charge in [-0.25, -0.2) is 24.3 Å². The summed E-state index contributed by atoms with van der Waals surface area (Å²) in [6.45, 7) is 6.89. The van der Waals surface area contributed by atoms with Gasteiger partial charge < -0.3 is 4.79 Å². The fourth-order valence-corrected chi connectivity index (χ4v) is 2.49. The number of carbonyl (C=O) groups is 1. The second-order valence-electron chi connectivity index (χ2n) is 5.62. The van der Waals surface area contributed by atoms with Gasteiger partial charge in [0, 0.05) is 8.07 Å². The van der Waals surface area contributed by atoms with Crippen LogP contribution in [0.15, 0.2) is 54.6 Å². The summed E-state index contributed by atoms with van der Waals surface area (Å²) in [5, 5.41) is 0. The molecule has 0 unspecified atom stereocenters. The van der Waals surface area contributed by atoms with Gasteiger partial charge in [0.25, 0.3) is 0 Å². The zero-order valence-electron chi connectivity index (χ0n) is 11.9. The van der Waals surface area contributed by atoms with E-state index in [-0.39, 0.29) is 19.8 Å². The fourth-order valence-electron chi connectivity index (χ4n) is 1.51. The minimum Gasteiger partial charge on any atom is -0.309 e. The van der Waals surface area contributed by atoms with E-state index in [0.29, 0.717) is 5.78 Å². The topological polar surface area (TPSA) is 17.1 Å². The predicted octanol–water partition coefficient (Wildman–Crippen LogP) is 4.72. The first-order valence-electron chi connectivity index (χ1n) is 6.41. The second kappa shape index (κ2) is 9.18. The van der Waals surface area contributed by atoms with Gasteiger partial charge in [-0.1, -0.05) is 31.2 Å². The summed E-state index contributed by atoms with van der Waals surface area (Å²) in [6, 6.07) is 18.7. The Balaban J connectivity index is 0.000000454. The molecule has 2 rings (SSSR count). The van der Waals surface area contributed by atoms with Gasteiger partial charge in [-0.2, -0.15) is 30.3 Å². The van der Waals surface area contributed by atoms with Crippen molar-refractivity contribution >= 4 is 13.9 Å². The molecule has 0 spiro atoms. The second-order valence-corrected chi connectivity index (χ2v) is 11.2. The molecule has 0 saturated carbocycles. The summed E-state index contributed by atoms with van der Waals surface area (Å²) in [5.41, 5.74) is 0.873. The zero-order valence-corrected chi connectivity index (χ0v) is 15.4. The third kappa shape index (κ3) is 8.86. The molecule has 0 aliphatic heterocycles. The first-order chi connectivity index (χ1) is 8.49. The molecule has 0 amide bonds. The van der Waals surface area contributed by atoms with Crippen LogP contribution in [0.25, 0.3) is 0 Å². The molecule has 104 valence electrons. The number of ketones is 1. The van der Waals surface area contributed by atoms with E-state index >= 15 is 0 Å². The van der Waals surface area contributed by atoms with Crippen LogP contribution in [0.5, 0.6) is 0 Å². The maximum Gasteiger partial charge on any atom is 2.00 e.